The molecule has 1 nitrogen and oxygen atoms in total. The Labute approximate surface area is 77.1 Å². The molecule has 1 saturated heterocycles. The molecule has 0 aliphatic carbocycles. The fourth-order valence-electron chi connectivity index (χ4n) is 0.903. The van der Waals surface area contributed by atoms with Crippen LogP contribution >= 0.6 is 21.6 Å². The highest BCUT2D eigenvalue weighted by atomic mass is 33.2. The molecule has 62 valence electrons. The smallest absolute Gasteiger partial charge is 0.190 e. The molecule has 0 aromatic heterocycles. The van der Waals surface area contributed by atoms with Crippen LogP contribution in [0.5, 0.6) is 0 Å². The Bertz CT molecular complexity index is 323. The SMILES string of the molecule is O=C(c1ccccc1F)C1SS1. The summed E-state index contributed by atoms with van der Waals surface area (Å²) in [5.41, 5.74) is 0.208. The highest BCUT2D eigenvalue weighted by Crippen LogP contribution is 2.54. The summed E-state index contributed by atoms with van der Waals surface area (Å²) < 4.78 is 12.9. The second-order valence-corrected chi connectivity index (χ2v) is 5.15. The van der Waals surface area contributed by atoms with Gasteiger partial charge in [0.15, 0.2) is 5.78 Å². The first-order valence-electron chi connectivity index (χ1n) is 3.40. The van der Waals surface area contributed by atoms with Gasteiger partial charge in [-0.15, -0.1) is 0 Å². The van der Waals surface area contributed by atoms with Crippen molar-refractivity contribution in [2.75, 3.05) is 0 Å². The summed E-state index contributed by atoms with van der Waals surface area (Å²) >= 11 is 0. The van der Waals surface area contributed by atoms with Crippen LogP contribution in [0.15, 0.2) is 24.3 Å². The van der Waals surface area contributed by atoms with Crippen LogP contribution in [0, 0.1) is 5.82 Å². The van der Waals surface area contributed by atoms with Crippen molar-refractivity contribution >= 4 is 27.4 Å². The fraction of sp³-hybridized carbons (Fsp3) is 0.125. The minimum Gasteiger partial charge on any atom is -0.292 e. The lowest BCUT2D eigenvalue weighted by atomic mass is 10.1. The van der Waals surface area contributed by atoms with Gasteiger partial charge in [-0.2, -0.15) is 0 Å². The minimum atomic E-state index is -0.421. The van der Waals surface area contributed by atoms with Crippen molar-refractivity contribution in [1.29, 1.82) is 0 Å². The third-order valence-corrected chi connectivity index (χ3v) is 3.51. The van der Waals surface area contributed by atoms with Gasteiger partial charge in [-0.1, -0.05) is 33.7 Å². The van der Waals surface area contributed by atoms with Gasteiger partial charge in [-0.25, -0.2) is 4.39 Å². The highest BCUT2D eigenvalue weighted by Gasteiger charge is 2.34. The average molecular weight is 200 g/mol. The lowest BCUT2D eigenvalue weighted by molar-refractivity contribution is 0.101. The van der Waals surface area contributed by atoms with Crippen LogP contribution in [-0.4, -0.2) is 10.4 Å². The summed E-state index contributed by atoms with van der Waals surface area (Å²) in [6, 6.07) is 6.09. The monoisotopic (exact) mass is 200 g/mol. The van der Waals surface area contributed by atoms with Crippen LogP contribution in [0.25, 0.3) is 0 Å². The topological polar surface area (TPSA) is 17.1 Å². The van der Waals surface area contributed by atoms with Gasteiger partial charge in [0, 0.05) is 0 Å². The van der Waals surface area contributed by atoms with Crippen molar-refractivity contribution < 1.29 is 9.18 Å². The zero-order chi connectivity index (χ0) is 8.55. The molecule has 0 N–H and O–H groups in total. The Kier molecular flexibility index (Phi) is 2.11. The fourth-order valence-corrected chi connectivity index (χ4v) is 2.08. The van der Waals surface area contributed by atoms with Gasteiger partial charge in [0.25, 0.3) is 0 Å². The van der Waals surface area contributed by atoms with E-state index in [1.165, 1.54) is 33.7 Å². The van der Waals surface area contributed by atoms with E-state index in [9.17, 15) is 9.18 Å². The molecule has 1 aromatic carbocycles. The maximum Gasteiger partial charge on any atom is 0.190 e. The predicted octanol–water partition coefficient (Wildman–Crippen LogP) is 2.73. The molecule has 1 aliphatic rings. The molecule has 1 aromatic rings. The second-order valence-electron chi connectivity index (χ2n) is 2.37. The molecule has 0 radical (unpaired) electrons. The third-order valence-electron chi connectivity index (χ3n) is 1.55. The quantitative estimate of drug-likeness (QED) is 0.415. The Balaban J connectivity index is 2.32. The van der Waals surface area contributed by atoms with Gasteiger partial charge >= 0.3 is 0 Å². The maximum atomic E-state index is 13.0. The number of Topliss-reactive ketones (excluding diaryl/α,β-unsaturated/α-hetero) is 1. The lowest BCUT2D eigenvalue weighted by Gasteiger charge is -1.97. The summed E-state index contributed by atoms with van der Waals surface area (Å²) in [5, 5.41) is 0. The van der Waals surface area contributed by atoms with E-state index in [-0.39, 0.29) is 15.9 Å². The molecular weight excluding hydrogens is 195 g/mol. The Morgan fingerprint density at radius 1 is 1.33 bits per heavy atom. The Hall–Kier alpha value is -0.480. The zero-order valence-corrected chi connectivity index (χ0v) is 7.62. The molecule has 0 bridgehead atoms. The largest absolute Gasteiger partial charge is 0.292 e. The normalized spacial score (nSPS) is 16.1. The minimum absolute atomic E-state index is 0.0677. The number of carbonyl (C=O) groups excluding carboxylic acids is 1. The molecule has 1 heterocycles. The first-order valence-corrected chi connectivity index (χ1v) is 5.67. The number of rotatable bonds is 2. The second kappa shape index (κ2) is 3.11. The van der Waals surface area contributed by atoms with Gasteiger partial charge < -0.3 is 0 Å². The Morgan fingerprint density at radius 3 is 2.58 bits per heavy atom. The summed E-state index contributed by atoms with van der Waals surface area (Å²) in [5.74, 6) is -0.529. The predicted molar refractivity (Wildman–Crippen MR) is 49.7 cm³/mol. The van der Waals surface area contributed by atoms with E-state index in [4.69, 9.17) is 0 Å². The zero-order valence-electron chi connectivity index (χ0n) is 5.99. The van der Waals surface area contributed by atoms with Crippen molar-refractivity contribution in [3.63, 3.8) is 0 Å². The molecule has 4 heteroatoms. The lowest BCUT2D eigenvalue weighted by Crippen LogP contribution is -2.05. The van der Waals surface area contributed by atoms with Crippen molar-refractivity contribution in [2.24, 2.45) is 0 Å². The number of hydrogen-bond donors (Lipinski definition) is 0. The van der Waals surface area contributed by atoms with E-state index in [2.05, 4.69) is 0 Å². The van der Waals surface area contributed by atoms with Gasteiger partial charge in [-0.3, -0.25) is 4.79 Å². The molecular formula is C8H5FOS2. The summed E-state index contributed by atoms with van der Waals surface area (Å²) in [6.45, 7) is 0. The van der Waals surface area contributed by atoms with Crippen LogP contribution in [-0.2, 0) is 0 Å². The molecule has 12 heavy (non-hydrogen) atoms. The van der Waals surface area contributed by atoms with Gasteiger partial charge in [0.2, 0.25) is 0 Å². The van der Waals surface area contributed by atoms with Gasteiger partial charge in [-0.05, 0) is 12.1 Å². The third kappa shape index (κ3) is 1.49. The molecule has 1 aliphatic heterocycles. The number of halogens is 1. The molecule has 0 spiro atoms. The molecule has 0 saturated carbocycles. The molecule has 0 unspecified atom stereocenters. The molecule has 0 amide bonds. The van der Waals surface area contributed by atoms with Gasteiger partial charge in [0.05, 0.1) is 5.56 Å². The summed E-state index contributed by atoms with van der Waals surface area (Å²) in [4.78, 5) is 11.3. The maximum absolute atomic E-state index is 13.0. The van der Waals surface area contributed by atoms with Crippen LogP contribution < -0.4 is 0 Å². The van der Waals surface area contributed by atoms with Crippen molar-refractivity contribution in [1.82, 2.24) is 0 Å². The van der Waals surface area contributed by atoms with E-state index in [1.807, 2.05) is 0 Å². The molecule has 2 rings (SSSR count). The number of carbonyl (C=O) groups is 1. The molecule has 1 fully saturated rings. The van der Waals surface area contributed by atoms with E-state index in [0.29, 0.717) is 0 Å². The first-order chi connectivity index (χ1) is 5.79. The van der Waals surface area contributed by atoms with Crippen LogP contribution in [0.4, 0.5) is 4.39 Å². The van der Waals surface area contributed by atoms with Gasteiger partial charge in [0.1, 0.15) is 10.4 Å². The Morgan fingerprint density at radius 2 is 2.00 bits per heavy atom. The standard InChI is InChI=1S/C8H5FOS2/c9-6-4-2-1-3-5(6)7(10)8-11-12-8/h1-4,8H. The number of benzene rings is 1. The van der Waals surface area contributed by atoms with E-state index >= 15 is 0 Å². The summed E-state index contributed by atoms with van der Waals surface area (Å²) in [6.07, 6.45) is 0. The molecule has 0 atom stereocenters. The summed E-state index contributed by atoms with van der Waals surface area (Å²) in [7, 11) is 2.96. The van der Waals surface area contributed by atoms with Crippen molar-refractivity contribution in [3.8, 4) is 0 Å². The van der Waals surface area contributed by atoms with Crippen molar-refractivity contribution in [2.45, 2.75) is 4.58 Å². The average Bonchev–Trinajstić information content (AvgIpc) is 2.86. The van der Waals surface area contributed by atoms with E-state index in [0.717, 1.165) is 0 Å². The van der Waals surface area contributed by atoms with E-state index < -0.39 is 5.82 Å². The van der Waals surface area contributed by atoms with Crippen LogP contribution in [0.1, 0.15) is 10.4 Å². The van der Waals surface area contributed by atoms with Crippen LogP contribution in [0.2, 0.25) is 0 Å². The van der Waals surface area contributed by atoms with E-state index in [1.54, 1.807) is 12.1 Å². The van der Waals surface area contributed by atoms with Crippen molar-refractivity contribution in [3.05, 3.63) is 35.6 Å². The number of ketones is 1. The first kappa shape index (κ1) is 8.13. The number of hydrogen-bond acceptors (Lipinski definition) is 3. The van der Waals surface area contributed by atoms with Crippen LogP contribution in [0.3, 0.4) is 0 Å². The highest BCUT2D eigenvalue weighted by molar-refractivity contribution is 8.93.